The van der Waals surface area contributed by atoms with Crippen LogP contribution >= 0.6 is 0 Å². The van der Waals surface area contributed by atoms with Gasteiger partial charge in [-0.05, 0) is 63.7 Å². The van der Waals surface area contributed by atoms with Crippen LogP contribution in [0.4, 0.5) is 0 Å². The third-order valence-corrected chi connectivity index (χ3v) is 5.93. The summed E-state index contributed by atoms with van der Waals surface area (Å²) in [5.74, 6) is 0. The lowest BCUT2D eigenvalue weighted by atomic mass is 9.77. The zero-order chi connectivity index (χ0) is 14.0. The van der Waals surface area contributed by atoms with Crippen LogP contribution in [0.1, 0.15) is 52.4 Å². The average molecular weight is 279 g/mol. The summed E-state index contributed by atoms with van der Waals surface area (Å²) in [5, 5.41) is 3.78. The van der Waals surface area contributed by atoms with Crippen LogP contribution in [0.25, 0.3) is 0 Å². The highest BCUT2D eigenvalue weighted by Gasteiger charge is 2.35. The zero-order valence-electron chi connectivity index (χ0n) is 13.5. The van der Waals surface area contributed by atoms with Crippen LogP contribution in [0.2, 0.25) is 0 Å². The van der Waals surface area contributed by atoms with Gasteiger partial charge in [-0.25, -0.2) is 0 Å². The summed E-state index contributed by atoms with van der Waals surface area (Å²) in [6.07, 6.45) is 8.43. The fourth-order valence-electron chi connectivity index (χ4n) is 4.40. The van der Waals surface area contributed by atoms with E-state index < -0.39 is 0 Å². The molecule has 0 spiro atoms. The molecule has 2 unspecified atom stereocenters. The molecule has 0 aromatic carbocycles. The zero-order valence-corrected chi connectivity index (χ0v) is 13.5. The summed E-state index contributed by atoms with van der Waals surface area (Å²) in [7, 11) is 0. The van der Waals surface area contributed by atoms with Gasteiger partial charge in [0.1, 0.15) is 0 Å². The molecule has 0 aromatic rings. The van der Waals surface area contributed by atoms with E-state index in [1.165, 1.54) is 77.8 Å². The van der Waals surface area contributed by atoms with Gasteiger partial charge in [0.25, 0.3) is 0 Å². The normalized spacial score (nSPS) is 36.3. The number of rotatable bonds is 3. The molecule has 20 heavy (non-hydrogen) atoms. The van der Waals surface area contributed by atoms with Gasteiger partial charge in [-0.15, -0.1) is 0 Å². The molecular formula is C17H33N3. The standard InChI is InChI=1S/C17H33N3/c1-17(2)8-6-9-18-16(17)14-19-12-7-15(13-19)20-10-4-3-5-11-20/h15-16,18H,3-14H2,1-2H3. The molecule has 2 atom stereocenters. The van der Waals surface area contributed by atoms with Crippen molar-refractivity contribution < 1.29 is 0 Å². The first-order valence-electron chi connectivity index (χ1n) is 8.85. The molecular weight excluding hydrogens is 246 g/mol. The highest BCUT2D eigenvalue weighted by atomic mass is 15.3. The highest BCUT2D eigenvalue weighted by molar-refractivity contribution is 4.93. The SMILES string of the molecule is CC1(C)CCCNC1CN1CCC(N2CCCCC2)C1. The van der Waals surface area contributed by atoms with E-state index in [2.05, 4.69) is 29.0 Å². The van der Waals surface area contributed by atoms with E-state index in [1.807, 2.05) is 0 Å². The number of likely N-dealkylation sites (tertiary alicyclic amines) is 2. The predicted molar refractivity (Wildman–Crippen MR) is 85.1 cm³/mol. The quantitative estimate of drug-likeness (QED) is 0.855. The third-order valence-electron chi connectivity index (χ3n) is 5.93. The van der Waals surface area contributed by atoms with Crippen molar-refractivity contribution >= 4 is 0 Å². The van der Waals surface area contributed by atoms with Crippen LogP contribution in [0.3, 0.4) is 0 Å². The van der Waals surface area contributed by atoms with E-state index in [0.717, 1.165) is 6.04 Å². The van der Waals surface area contributed by atoms with E-state index in [9.17, 15) is 0 Å². The number of nitrogens with one attached hydrogen (secondary N) is 1. The van der Waals surface area contributed by atoms with Crippen LogP contribution in [0.15, 0.2) is 0 Å². The smallest absolute Gasteiger partial charge is 0.0246 e. The van der Waals surface area contributed by atoms with Gasteiger partial charge in [0.05, 0.1) is 0 Å². The first-order valence-corrected chi connectivity index (χ1v) is 8.85. The van der Waals surface area contributed by atoms with Gasteiger partial charge in [-0.1, -0.05) is 20.3 Å². The fraction of sp³-hybridized carbons (Fsp3) is 1.00. The third kappa shape index (κ3) is 3.37. The summed E-state index contributed by atoms with van der Waals surface area (Å²) in [5.41, 5.74) is 0.474. The second-order valence-electron chi connectivity index (χ2n) is 7.90. The number of hydrogen-bond donors (Lipinski definition) is 1. The molecule has 3 heteroatoms. The number of piperidine rings is 2. The van der Waals surface area contributed by atoms with Crippen molar-refractivity contribution in [3.05, 3.63) is 0 Å². The highest BCUT2D eigenvalue weighted by Crippen LogP contribution is 2.31. The topological polar surface area (TPSA) is 18.5 Å². The van der Waals surface area contributed by atoms with Gasteiger partial charge in [0.2, 0.25) is 0 Å². The lowest BCUT2D eigenvalue weighted by molar-refractivity contribution is 0.125. The molecule has 0 amide bonds. The van der Waals surface area contributed by atoms with Crippen molar-refractivity contribution in [2.24, 2.45) is 5.41 Å². The van der Waals surface area contributed by atoms with E-state index in [-0.39, 0.29) is 0 Å². The summed E-state index contributed by atoms with van der Waals surface area (Å²) in [6.45, 7) is 12.7. The molecule has 0 radical (unpaired) electrons. The Morgan fingerprint density at radius 3 is 2.60 bits per heavy atom. The minimum atomic E-state index is 0.474. The lowest BCUT2D eigenvalue weighted by Gasteiger charge is -2.41. The van der Waals surface area contributed by atoms with Crippen LogP contribution < -0.4 is 5.32 Å². The van der Waals surface area contributed by atoms with Gasteiger partial charge in [0, 0.05) is 25.2 Å². The van der Waals surface area contributed by atoms with Crippen molar-refractivity contribution in [2.45, 2.75) is 64.5 Å². The van der Waals surface area contributed by atoms with Crippen molar-refractivity contribution in [1.82, 2.24) is 15.1 Å². The maximum atomic E-state index is 3.78. The molecule has 3 aliphatic heterocycles. The molecule has 3 fully saturated rings. The lowest BCUT2D eigenvalue weighted by Crippen LogP contribution is -2.53. The Morgan fingerprint density at radius 2 is 1.85 bits per heavy atom. The Bertz CT molecular complexity index is 309. The molecule has 3 aliphatic rings. The minimum Gasteiger partial charge on any atom is -0.312 e. The summed E-state index contributed by atoms with van der Waals surface area (Å²) in [4.78, 5) is 5.49. The molecule has 3 heterocycles. The first-order chi connectivity index (χ1) is 9.65. The first kappa shape index (κ1) is 14.8. The van der Waals surface area contributed by atoms with E-state index in [1.54, 1.807) is 0 Å². The summed E-state index contributed by atoms with van der Waals surface area (Å²) < 4.78 is 0. The van der Waals surface area contributed by atoms with Crippen molar-refractivity contribution in [3.8, 4) is 0 Å². The largest absolute Gasteiger partial charge is 0.312 e. The number of nitrogens with zero attached hydrogens (tertiary/aromatic N) is 2. The van der Waals surface area contributed by atoms with E-state index in [0.29, 0.717) is 11.5 Å². The fourth-order valence-corrected chi connectivity index (χ4v) is 4.40. The molecule has 0 saturated carbocycles. The maximum absolute atomic E-state index is 3.78. The van der Waals surface area contributed by atoms with Crippen LogP contribution in [-0.4, -0.2) is 61.2 Å². The van der Waals surface area contributed by atoms with Crippen LogP contribution in [0.5, 0.6) is 0 Å². The van der Waals surface area contributed by atoms with E-state index in [4.69, 9.17) is 0 Å². The maximum Gasteiger partial charge on any atom is 0.0246 e. The van der Waals surface area contributed by atoms with E-state index >= 15 is 0 Å². The Kier molecular flexibility index (Phi) is 4.68. The van der Waals surface area contributed by atoms with Crippen molar-refractivity contribution in [2.75, 3.05) is 39.3 Å². The monoisotopic (exact) mass is 279 g/mol. The second-order valence-corrected chi connectivity index (χ2v) is 7.90. The van der Waals surface area contributed by atoms with Crippen molar-refractivity contribution in [3.63, 3.8) is 0 Å². The summed E-state index contributed by atoms with van der Waals surface area (Å²) in [6, 6.07) is 1.54. The minimum absolute atomic E-state index is 0.474. The Labute approximate surface area is 125 Å². The average Bonchev–Trinajstić information content (AvgIpc) is 2.91. The molecule has 3 rings (SSSR count). The Morgan fingerprint density at radius 1 is 1.05 bits per heavy atom. The van der Waals surface area contributed by atoms with Gasteiger partial charge >= 0.3 is 0 Å². The van der Waals surface area contributed by atoms with Crippen molar-refractivity contribution in [1.29, 1.82) is 0 Å². The Balaban J connectivity index is 1.49. The van der Waals surface area contributed by atoms with Crippen LogP contribution in [0, 0.1) is 5.41 Å². The van der Waals surface area contributed by atoms with Gasteiger partial charge in [-0.2, -0.15) is 0 Å². The molecule has 116 valence electrons. The predicted octanol–water partition coefficient (Wildman–Crippen LogP) is 2.32. The molecule has 0 aromatic heterocycles. The summed E-state index contributed by atoms with van der Waals surface area (Å²) >= 11 is 0. The molecule has 3 nitrogen and oxygen atoms in total. The molecule has 0 aliphatic carbocycles. The van der Waals surface area contributed by atoms with Gasteiger partial charge in [0.15, 0.2) is 0 Å². The molecule has 0 bridgehead atoms. The Hall–Kier alpha value is -0.120. The van der Waals surface area contributed by atoms with Gasteiger partial charge in [-0.3, -0.25) is 4.90 Å². The molecule has 1 N–H and O–H groups in total. The molecule has 3 saturated heterocycles. The number of hydrogen-bond acceptors (Lipinski definition) is 3. The second kappa shape index (κ2) is 6.33. The van der Waals surface area contributed by atoms with Gasteiger partial charge < -0.3 is 10.2 Å². The van der Waals surface area contributed by atoms with Crippen LogP contribution in [-0.2, 0) is 0 Å².